The maximum Gasteiger partial charge on any atom is 0.401 e. The zero-order valence-electron chi connectivity index (χ0n) is 9.78. The molecule has 0 heterocycles. The third-order valence-corrected chi connectivity index (χ3v) is 2.15. The van der Waals surface area contributed by atoms with Crippen LogP contribution in [0.1, 0.15) is 33.6 Å². The third kappa shape index (κ3) is 5.34. The van der Waals surface area contributed by atoms with Gasteiger partial charge in [0.1, 0.15) is 5.54 Å². The molecule has 0 aliphatic heterocycles. The predicted molar refractivity (Wildman–Crippen MR) is 54.0 cm³/mol. The van der Waals surface area contributed by atoms with E-state index in [1.165, 1.54) is 6.92 Å². The number of esters is 1. The van der Waals surface area contributed by atoms with E-state index in [-0.39, 0.29) is 6.61 Å². The normalized spacial score (nSPS) is 15.6. The van der Waals surface area contributed by atoms with E-state index in [0.717, 1.165) is 0 Å². The number of carbonyl (C=O) groups excluding carboxylic acids is 1. The highest BCUT2D eigenvalue weighted by molar-refractivity contribution is 5.80. The average Bonchev–Trinajstić information content (AvgIpc) is 2.15. The second kappa shape index (κ2) is 6.08. The van der Waals surface area contributed by atoms with Crippen molar-refractivity contribution in [2.45, 2.75) is 45.3 Å². The summed E-state index contributed by atoms with van der Waals surface area (Å²) in [6.45, 7) is 3.81. The fourth-order valence-electron chi connectivity index (χ4n) is 1.35. The van der Waals surface area contributed by atoms with Gasteiger partial charge in [-0.3, -0.25) is 10.1 Å². The summed E-state index contributed by atoms with van der Waals surface area (Å²) in [5, 5.41) is 2.22. The van der Waals surface area contributed by atoms with Gasteiger partial charge in [-0.15, -0.1) is 0 Å². The fraction of sp³-hybridized carbons (Fsp3) is 0.900. The first-order valence-corrected chi connectivity index (χ1v) is 5.24. The molecule has 0 aromatic carbocycles. The maximum atomic E-state index is 12.1. The molecule has 1 N–H and O–H groups in total. The molecule has 0 spiro atoms. The maximum absolute atomic E-state index is 12.1. The van der Waals surface area contributed by atoms with Crippen molar-refractivity contribution >= 4 is 5.97 Å². The van der Waals surface area contributed by atoms with Crippen molar-refractivity contribution in [3.8, 4) is 0 Å². The number of hydrogen-bond donors (Lipinski definition) is 1. The molecular weight excluding hydrogens is 223 g/mol. The number of nitrogens with one attached hydrogen (secondary N) is 1. The number of halogens is 3. The molecule has 0 aliphatic rings. The van der Waals surface area contributed by atoms with Crippen molar-refractivity contribution in [1.29, 1.82) is 0 Å². The molecule has 1 unspecified atom stereocenters. The average molecular weight is 241 g/mol. The van der Waals surface area contributed by atoms with Gasteiger partial charge in [0.15, 0.2) is 0 Å². The van der Waals surface area contributed by atoms with Gasteiger partial charge in [-0.2, -0.15) is 13.2 Å². The smallest absolute Gasteiger partial charge is 0.401 e. The van der Waals surface area contributed by atoms with Crippen molar-refractivity contribution in [3.05, 3.63) is 0 Å². The number of carbonyl (C=O) groups is 1. The number of alkyl halides is 3. The second-order valence-corrected chi connectivity index (χ2v) is 3.77. The first-order valence-electron chi connectivity index (χ1n) is 5.24. The summed E-state index contributed by atoms with van der Waals surface area (Å²) in [7, 11) is 0. The van der Waals surface area contributed by atoms with Crippen LogP contribution < -0.4 is 5.32 Å². The molecule has 96 valence electrons. The van der Waals surface area contributed by atoms with E-state index in [4.69, 9.17) is 4.74 Å². The molecular formula is C10H18F3NO2. The number of hydrogen-bond acceptors (Lipinski definition) is 3. The van der Waals surface area contributed by atoms with E-state index >= 15 is 0 Å². The third-order valence-electron chi connectivity index (χ3n) is 2.15. The summed E-state index contributed by atoms with van der Waals surface area (Å²) >= 11 is 0. The zero-order chi connectivity index (χ0) is 12.8. The zero-order valence-corrected chi connectivity index (χ0v) is 9.78. The van der Waals surface area contributed by atoms with Gasteiger partial charge in [-0.05, 0) is 20.3 Å². The summed E-state index contributed by atoms with van der Waals surface area (Å²) in [6, 6.07) is 0. The Hall–Kier alpha value is -0.780. The first kappa shape index (κ1) is 15.2. The summed E-state index contributed by atoms with van der Waals surface area (Å²) < 4.78 is 40.9. The molecule has 0 saturated heterocycles. The molecule has 16 heavy (non-hydrogen) atoms. The molecule has 0 saturated carbocycles. The van der Waals surface area contributed by atoms with Crippen molar-refractivity contribution in [2.75, 3.05) is 13.2 Å². The highest BCUT2D eigenvalue weighted by Gasteiger charge is 2.38. The van der Waals surface area contributed by atoms with Crippen LogP contribution in [0.5, 0.6) is 0 Å². The Labute approximate surface area is 93.3 Å². The standard InChI is InChI=1S/C10H18F3NO2/c1-4-6-9(3,8(15)16-5-2)14-7-10(11,12)13/h14H,4-7H2,1-3H3. The lowest BCUT2D eigenvalue weighted by molar-refractivity contribution is -0.155. The molecule has 0 aromatic rings. The summed E-state index contributed by atoms with van der Waals surface area (Å²) in [6.07, 6.45) is -3.43. The quantitative estimate of drug-likeness (QED) is 0.725. The number of rotatable bonds is 6. The predicted octanol–water partition coefficient (Wildman–Crippen LogP) is 2.26. The minimum atomic E-state index is -4.33. The van der Waals surface area contributed by atoms with E-state index in [0.29, 0.717) is 12.8 Å². The highest BCUT2D eigenvalue weighted by atomic mass is 19.4. The molecule has 0 fully saturated rings. The fourth-order valence-corrected chi connectivity index (χ4v) is 1.35. The van der Waals surface area contributed by atoms with Gasteiger partial charge in [-0.1, -0.05) is 13.3 Å². The van der Waals surface area contributed by atoms with Crippen LogP contribution in [0.4, 0.5) is 13.2 Å². The van der Waals surface area contributed by atoms with E-state index < -0.39 is 24.2 Å². The highest BCUT2D eigenvalue weighted by Crippen LogP contribution is 2.19. The first-order chi connectivity index (χ1) is 7.25. The van der Waals surface area contributed by atoms with E-state index in [1.54, 1.807) is 13.8 Å². The van der Waals surface area contributed by atoms with Gasteiger partial charge in [-0.25, -0.2) is 0 Å². The lowest BCUT2D eigenvalue weighted by Gasteiger charge is -2.28. The lowest BCUT2D eigenvalue weighted by Crippen LogP contribution is -2.53. The van der Waals surface area contributed by atoms with Gasteiger partial charge in [0.05, 0.1) is 13.2 Å². The van der Waals surface area contributed by atoms with Crippen LogP contribution in [0, 0.1) is 0 Å². The number of ether oxygens (including phenoxy) is 1. The minimum absolute atomic E-state index is 0.159. The lowest BCUT2D eigenvalue weighted by atomic mass is 9.96. The molecule has 0 bridgehead atoms. The van der Waals surface area contributed by atoms with Crippen molar-refractivity contribution < 1.29 is 22.7 Å². The molecule has 0 rings (SSSR count). The Morgan fingerprint density at radius 3 is 2.25 bits per heavy atom. The summed E-state index contributed by atoms with van der Waals surface area (Å²) in [4.78, 5) is 11.5. The molecule has 0 aliphatic carbocycles. The largest absolute Gasteiger partial charge is 0.465 e. The summed E-state index contributed by atoms with van der Waals surface area (Å²) in [5.41, 5.74) is -1.26. The van der Waals surface area contributed by atoms with E-state index in [1.807, 2.05) is 0 Å². The van der Waals surface area contributed by atoms with E-state index in [2.05, 4.69) is 5.32 Å². The van der Waals surface area contributed by atoms with Crippen LogP contribution in [0.3, 0.4) is 0 Å². The Balaban J connectivity index is 4.50. The molecule has 3 nitrogen and oxygen atoms in total. The Bertz CT molecular complexity index is 231. The SMILES string of the molecule is CCCC(C)(NCC(F)(F)F)C(=O)OCC. The molecule has 0 amide bonds. The van der Waals surface area contributed by atoms with Crippen molar-refractivity contribution in [2.24, 2.45) is 0 Å². The van der Waals surface area contributed by atoms with Gasteiger partial charge in [0.25, 0.3) is 0 Å². The monoisotopic (exact) mass is 241 g/mol. The van der Waals surface area contributed by atoms with Gasteiger partial charge in [0.2, 0.25) is 0 Å². The van der Waals surface area contributed by atoms with Crippen LogP contribution in [-0.4, -0.2) is 30.8 Å². The van der Waals surface area contributed by atoms with Gasteiger partial charge >= 0.3 is 12.1 Å². The summed E-state index contributed by atoms with van der Waals surface area (Å²) in [5.74, 6) is -0.638. The van der Waals surface area contributed by atoms with Crippen LogP contribution in [0.15, 0.2) is 0 Å². The Morgan fingerprint density at radius 1 is 1.31 bits per heavy atom. The Kier molecular flexibility index (Phi) is 5.78. The van der Waals surface area contributed by atoms with Gasteiger partial charge < -0.3 is 4.74 Å². The van der Waals surface area contributed by atoms with Crippen LogP contribution in [-0.2, 0) is 9.53 Å². The molecule has 0 radical (unpaired) electrons. The minimum Gasteiger partial charge on any atom is -0.465 e. The molecule has 6 heteroatoms. The van der Waals surface area contributed by atoms with Crippen molar-refractivity contribution in [1.82, 2.24) is 5.32 Å². The van der Waals surface area contributed by atoms with Crippen LogP contribution in [0.2, 0.25) is 0 Å². The van der Waals surface area contributed by atoms with Crippen molar-refractivity contribution in [3.63, 3.8) is 0 Å². The van der Waals surface area contributed by atoms with Gasteiger partial charge in [0, 0.05) is 0 Å². The topological polar surface area (TPSA) is 38.3 Å². The molecule has 0 aromatic heterocycles. The van der Waals surface area contributed by atoms with Crippen LogP contribution in [0.25, 0.3) is 0 Å². The van der Waals surface area contributed by atoms with Crippen LogP contribution >= 0.6 is 0 Å². The van der Waals surface area contributed by atoms with E-state index in [9.17, 15) is 18.0 Å². The molecule has 1 atom stereocenters. The second-order valence-electron chi connectivity index (χ2n) is 3.77. The Morgan fingerprint density at radius 2 is 1.88 bits per heavy atom.